The van der Waals surface area contributed by atoms with Gasteiger partial charge in [-0.3, -0.25) is 4.79 Å². The van der Waals surface area contributed by atoms with Crippen LogP contribution >= 0.6 is 11.8 Å². The van der Waals surface area contributed by atoms with Crippen LogP contribution in [-0.4, -0.2) is 34.3 Å². The molecule has 34 heavy (non-hydrogen) atoms. The zero-order chi connectivity index (χ0) is 24.7. The molecule has 7 nitrogen and oxygen atoms in total. The van der Waals surface area contributed by atoms with E-state index >= 15 is 0 Å². The highest BCUT2D eigenvalue weighted by molar-refractivity contribution is 8.00. The second kappa shape index (κ2) is 11.5. The number of carbonyl (C=O) groups is 1. The quantitative estimate of drug-likeness (QED) is 0.301. The Kier molecular flexibility index (Phi) is 8.68. The molecule has 1 heterocycles. The summed E-state index contributed by atoms with van der Waals surface area (Å²) in [6.07, 6.45) is 3.16. The summed E-state index contributed by atoms with van der Waals surface area (Å²) in [7, 11) is -3.60. The lowest BCUT2D eigenvalue weighted by atomic mass is 10.1. The van der Waals surface area contributed by atoms with Crippen LogP contribution in [0.3, 0.4) is 0 Å². The minimum absolute atomic E-state index is 0.140. The molecule has 3 aromatic rings. The number of benzene rings is 2. The lowest BCUT2D eigenvalue weighted by Crippen LogP contribution is -2.25. The van der Waals surface area contributed by atoms with Gasteiger partial charge in [-0.2, -0.15) is 0 Å². The minimum Gasteiger partial charge on any atom is -0.325 e. The Hall–Kier alpha value is -2.91. The van der Waals surface area contributed by atoms with Crippen molar-refractivity contribution in [2.24, 2.45) is 0 Å². The van der Waals surface area contributed by atoms with Gasteiger partial charge in [0.05, 0.1) is 10.1 Å². The van der Waals surface area contributed by atoms with E-state index in [1.807, 2.05) is 38.1 Å². The molecule has 0 saturated heterocycles. The highest BCUT2D eigenvalue weighted by Gasteiger charge is 2.25. The molecule has 0 aliphatic carbocycles. The number of nitrogens with one attached hydrogen (secondary N) is 1. The van der Waals surface area contributed by atoms with Gasteiger partial charge in [0.15, 0.2) is 15.0 Å². The van der Waals surface area contributed by atoms with Gasteiger partial charge in [-0.1, -0.05) is 61.5 Å². The van der Waals surface area contributed by atoms with E-state index in [9.17, 15) is 13.2 Å². The van der Waals surface area contributed by atoms with E-state index in [2.05, 4.69) is 29.0 Å². The maximum absolute atomic E-state index is 12.9. The van der Waals surface area contributed by atoms with Gasteiger partial charge >= 0.3 is 0 Å². The maximum atomic E-state index is 12.9. The Balaban J connectivity index is 1.78. The highest BCUT2D eigenvalue weighted by Crippen LogP contribution is 2.27. The molecule has 3 rings (SSSR count). The van der Waals surface area contributed by atoms with Crippen molar-refractivity contribution in [1.29, 1.82) is 0 Å². The number of aromatic nitrogens is 3. The molecule has 2 aromatic carbocycles. The van der Waals surface area contributed by atoms with Gasteiger partial charge in [0.1, 0.15) is 11.6 Å². The average molecular weight is 499 g/mol. The van der Waals surface area contributed by atoms with Crippen LogP contribution in [0.25, 0.3) is 0 Å². The van der Waals surface area contributed by atoms with Gasteiger partial charge in [-0.25, -0.2) is 8.42 Å². The third-order valence-electron chi connectivity index (χ3n) is 5.34. The van der Waals surface area contributed by atoms with Crippen molar-refractivity contribution >= 4 is 33.2 Å². The van der Waals surface area contributed by atoms with Crippen molar-refractivity contribution in [2.75, 3.05) is 5.32 Å². The molecule has 9 heteroatoms. The molecular weight excluding hydrogens is 468 g/mol. The molecule has 0 spiro atoms. The van der Waals surface area contributed by atoms with Crippen molar-refractivity contribution in [3.05, 3.63) is 78.1 Å². The largest absolute Gasteiger partial charge is 0.325 e. The smallest absolute Gasteiger partial charge is 0.237 e. The monoisotopic (exact) mass is 498 g/mol. The first-order valence-corrected chi connectivity index (χ1v) is 13.7. The first-order valence-electron chi connectivity index (χ1n) is 11.2. The first-order chi connectivity index (χ1) is 16.3. The number of rotatable bonds is 11. The van der Waals surface area contributed by atoms with Gasteiger partial charge in [0.2, 0.25) is 5.91 Å². The van der Waals surface area contributed by atoms with Crippen LogP contribution in [0.15, 0.2) is 71.2 Å². The Morgan fingerprint density at radius 2 is 1.79 bits per heavy atom. The van der Waals surface area contributed by atoms with E-state index in [1.165, 1.54) is 17.3 Å². The average Bonchev–Trinajstić information content (AvgIpc) is 3.18. The first kappa shape index (κ1) is 25.7. The topological polar surface area (TPSA) is 93.9 Å². The molecule has 0 bridgehead atoms. The number of hydrogen-bond donors (Lipinski definition) is 1. The van der Waals surface area contributed by atoms with Gasteiger partial charge in [0.25, 0.3) is 0 Å². The van der Waals surface area contributed by atoms with Crippen LogP contribution in [0.2, 0.25) is 0 Å². The van der Waals surface area contributed by atoms with Crippen molar-refractivity contribution < 1.29 is 13.2 Å². The summed E-state index contributed by atoms with van der Waals surface area (Å²) in [6, 6.07) is 14.5. The number of hydrogen-bond acceptors (Lipinski definition) is 6. The summed E-state index contributed by atoms with van der Waals surface area (Å²) in [6.45, 7) is 10.0. The molecule has 1 N–H and O–H groups in total. The number of anilines is 1. The zero-order valence-electron chi connectivity index (χ0n) is 19.7. The zero-order valence-corrected chi connectivity index (χ0v) is 21.3. The van der Waals surface area contributed by atoms with E-state index in [0.29, 0.717) is 23.9 Å². The number of sulfone groups is 1. The molecule has 180 valence electrons. The van der Waals surface area contributed by atoms with Crippen LogP contribution in [-0.2, 0) is 33.4 Å². The van der Waals surface area contributed by atoms with E-state index in [4.69, 9.17) is 0 Å². The van der Waals surface area contributed by atoms with Crippen LogP contribution in [0.1, 0.15) is 37.2 Å². The van der Waals surface area contributed by atoms with Crippen LogP contribution in [0.4, 0.5) is 5.69 Å². The fraction of sp³-hybridized carbons (Fsp3) is 0.320. The number of amides is 1. The minimum atomic E-state index is -3.60. The number of nitrogens with zero attached hydrogens (tertiary/aromatic N) is 3. The Labute approximate surface area is 205 Å². The maximum Gasteiger partial charge on any atom is 0.237 e. The number of carbonyl (C=O) groups excluding carboxylic acids is 1. The summed E-state index contributed by atoms with van der Waals surface area (Å²) in [5.74, 6) is -0.114. The summed E-state index contributed by atoms with van der Waals surface area (Å²) in [4.78, 5) is 13.2. The van der Waals surface area contributed by atoms with Gasteiger partial charge in [-0.15, -0.1) is 16.8 Å². The van der Waals surface area contributed by atoms with Crippen LogP contribution in [0.5, 0.6) is 0 Å². The highest BCUT2D eigenvalue weighted by atomic mass is 32.2. The van der Waals surface area contributed by atoms with Gasteiger partial charge in [-0.05, 0) is 49.6 Å². The second-order valence-corrected chi connectivity index (χ2v) is 11.1. The molecule has 0 radical (unpaired) electrons. The number of thioether (sulfide) groups is 1. The van der Waals surface area contributed by atoms with Gasteiger partial charge in [0, 0.05) is 12.2 Å². The molecule has 0 aliphatic rings. The van der Waals surface area contributed by atoms with Crippen molar-refractivity contribution in [2.45, 2.75) is 61.2 Å². The Morgan fingerprint density at radius 3 is 2.38 bits per heavy atom. The Bertz CT molecular complexity index is 1230. The predicted molar refractivity (Wildman–Crippen MR) is 137 cm³/mol. The molecule has 0 fully saturated rings. The van der Waals surface area contributed by atoms with E-state index in [0.717, 1.165) is 17.7 Å². The van der Waals surface area contributed by atoms with E-state index in [1.54, 1.807) is 34.9 Å². The normalized spacial score (nSPS) is 12.3. The van der Waals surface area contributed by atoms with E-state index in [-0.39, 0.29) is 16.6 Å². The standard InChI is InChI=1S/C25H30N4O3S2/c1-5-16-29-23(17-34(31,32)21-14-8-18(4)9-15-21)27-28-25(29)33-22(7-3)24(30)26-20-12-10-19(6-2)11-13-20/h5,8-15,22H,1,6-7,16-17H2,2-4H3,(H,26,30). The lowest BCUT2D eigenvalue weighted by molar-refractivity contribution is -0.115. The molecule has 1 aromatic heterocycles. The van der Waals surface area contributed by atoms with Crippen molar-refractivity contribution in [3.63, 3.8) is 0 Å². The third-order valence-corrected chi connectivity index (χ3v) is 8.32. The lowest BCUT2D eigenvalue weighted by Gasteiger charge is -2.15. The van der Waals surface area contributed by atoms with Crippen LogP contribution < -0.4 is 5.32 Å². The predicted octanol–water partition coefficient (Wildman–Crippen LogP) is 4.82. The summed E-state index contributed by atoms with van der Waals surface area (Å²) < 4.78 is 27.6. The van der Waals surface area contributed by atoms with Crippen molar-refractivity contribution in [1.82, 2.24) is 14.8 Å². The Morgan fingerprint density at radius 1 is 1.12 bits per heavy atom. The molecule has 1 atom stereocenters. The second-order valence-electron chi connectivity index (χ2n) is 7.92. The fourth-order valence-electron chi connectivity index (χ4n) is 3.32. The molecule has 0 aliphatic heterocycles. The van der Waals surface area contributed by atoms with Gasteiger partial charge < -0.3 is 9.88 Å². The van der Waals surface area contributed by atoms with E-state index < -0.39 is 15.1 Å². The summed E-state index contributed by atoms with van der Waals surface area (Å²) >= 11 is 1.27. The van der Waals surface area contributed by atoms with Crippen LogP contribution in [0, 0.1) is 6.92 Å². The fourth-order valence-corrected chi connectivity index (χ4v) is 5.57. The van der Waals surface area contributed by atoms with Crippen molar-refractivity contribution in [3.8, 4) is 0 Å². The SMILES string of the molecule is C=CCn1c(CS(=O)(=O)c2ccc(C)cc2)nnc1SC(CC)C(=O)Nc1ccc(CC)cc1. The molecule has 1 amide bonds. The number of allylic oxidation sites excluding steroid dienone is 1. The summed E-state index contributed by atoms with van der Waals surface area (Å²) in [5.41, 5.74) is 2.92. The molecule has 0 saturated carbocycles. The number of aryl methyl sites for hydroxylation is 2. The third kappa shape index (κ3) is 6.36. The molecular formula is C25H30N4O3S2. The molecule has 1 unspecified atom stereocenters. The summed E-state index contributed by atoms with van der Waals surface area (Å²) in [5, 5.41) is 11.4.